The highest BCUT2D eigenvalue weighted by Gasteiger charge is 2.29. The number of hydrogen-bond acceptors (Lipinski definition) is 5. The molecule has 1 aliphatic heterocycles. The van der Waals surface area contributed by atoms with Crippen molar-refractivity contribution in [1.29, 1.82) is 0 Å². The zero-order valence-electron chi connectivity index (χ0n) is 13.8. The van der Waals surface area contributed by atoms with E-state index in [2.05, 4.69) is 29.2 Å². The lowest BCUT2D eigenvalue weighted by Crippen LogP contribution is -2.31. The number of benzene rings is 1. The molecule has 0 amide bonds. The summed E-state index contributed by atoms with van der Waals surface area (Å²) < 4.78 is 11.5. The molecule has 3 N–H and O–H groups in total. The summed E-state index contributed by atoms with van der Waals surface area (Å²) in [6.45, 7) is 7.38. The summed E-state index contributed by atoms with van der Waals surface area (Å²) in [5, 5.41) is 3.48. The first-order valence-electron chi connectivity index (χ1n) is 8.18. The normalized spacial score (nSPS) is 20.8. The van der Waals surface area contributed by atoms with Gasteiger partial charge in [0.05, 0.1) is 6.04 Å². The maximum atomic E-state index is 5.80. The maximum Gasteiger partial charge on any atom is 0.122 e. The maximum absolute atomic E-state index is 5.80. The summed E-state index contributed by atoms with van der Waals surface area (Å²) in [5.74, 6) is 3.36. The Morgan fingerprint density at radius 2 is 2.09 bits per heavy atom. The van der Waals surface area contributed by atoms with E-state index in [1.54, 1.807) is 0 Å². The number of furan rings is 1. The molecule has 5 heteroatoms. The predicted octanol–water partition coefficient (Wildman–Crippen LogP) is 2.33. The average Bonchev–Trinajstić information content (AvgIpc) is 3.17. The Morgan fingerprint density at radius 1 is 1.22 bits per heavy atom. The van der Waals surface area contributed by atoms with E-state index in [-0.39, 0.29) is 6.04 Å². The van der Waals surface area contributed by atoms with Crippen molar-refractivity contribution >= 4 is 0 Å². The monoisotopic (exact) mass is 315 g/mol. The van der Waals surface area contributed by atoms with E-state index in [1.807, 2.05) is 37.3 Å². The van der Waals surface area contributed by atoms with Crippen LogP contribution < -0.4 is 20.9 Å². The molecule has 5 nitrogen and oxygen atoms in total. The van der Waals surface area contributed by atoms with Crippen LogP contribution in [0.4, 0.5) is 0 Å². The van der Waals surface area contributed by atoms with Crippen molar-refractivity contribution in [3.63, 3.8) is 0 Å². The first-order valence-corrected chi connectivity index (χ1v) is 8.18. The van der Waals surface area contributed by atoms with Gasteiger partial charge in [-0.2, -0.15) is 0 Å². The van der Waals surface area contributed by atoms with Gasteiger partial charge in [-0.1, -0.05) is 18.2 Å². The zero-order valence-corrected chi connectivity index (χ0v) is 13.8. The van der Waals surface area contributed by atoms with Gasteiger partial charge in [0.25, 0.3) is 0 Å². The molecule has 2 aromatic rings. The van der Waals surface area contributed by atoms with Gasteiger partial charge in [-0.15, -0.1) is 0 Å². The van der Waals surface area contributed by atoms with Crippen molar-refractivity contribution in [3.05, 3.63) is 53.5 Å². The van der Waals surface area contributed by atoms with Crippen molar-refractivity contribution in [2.45, 2.75) is 19.9 Å². The minimum Gasteiger partial charge on any atom is -0.492 e. The van der Waals surface area contributed by atoms with Crippen LogP contribution in [0.1, 0.15) is 23.1 Å². The molecule has 2 atom stereocenters. The number of para-hydroxylation sites is 1. The van der Waals surface area contributed by atoms with Crippen LogP contribution in [0.15, 0.2) is 40.8 Å². The van der Waals surface area contributed by atoms with Gasteiger partial charge < -0.3 is 14.5 Å². The topological polar surface area (TPSA) is 58.5 Å². The molecule has 1 aliphatic rings. The Balaban J connectivity index is 1.41. The SMILES string of the molecule is Cc1ccc(C2NNCC2CNCCOc2ccccc2C)o1. The lowest BCUT2D eigenvalue weighted by atomic mass is 10.00. The van der Waals surface area contributed by atoms with Crippen LogP contribution in [0.5, 0.6) is 5.75 Å². The number of hydrazine groups is 1. The summed E-state index contributed by atoms with van der Waals surface area (Å²) in [7, 11) is 0. The smallest absolute Gasteiger partial charge is 0.122 e. The van der Waals surface area contributed by atoms with E-state index in [0.717, 1.165) is 36.9 Å². The van der Waals surface area contributed by atoms with Gasteiger partial charge in [-0.3, -0.25) is 5.43 Å². The van der Waals surface area contributed by atoms with Gasteiger partial charge >= 0.3 is 0 Å². The van der Waals surface area contributed by atoms with Gasteiger partial charge in [0.1, 0.15) is 23.9 Å². The van der Waals surface area contributed by atoms with Gasteiger partial charge in [0.2, 0.25) is 0 Å². The quantitative estimate of drug-likeness (QED) is 0.685. The minimum absolute atomic E-state index is 0.216. The first-order chi connectivity index (χ1) is 11.2. The Labute approximate surface area is 137 Å². The van der Waals surface area contributed by atoms with E-state index >= 15 is 0 Å². The molecule has 0 spiro atoms. The first kappa shape index (κ1) is 16.1. The summed E-state index contributed by atoms with van der Waals surface area (Å²) in [6.07, 6.45) is 0. The number of hydrogen-bond donors (Lipinski definition) is 3. The third kappa shape index (κ3) is 4.13. The van der Waals surface area contributed by atoms with E-state index in [0.29, 0.717) is 12.5 Å². The second-order valence-electron chi connectivity index (χ2n) is 6.03. The van der Waals surface area contributed by atoms with E-state index in [4.69, 9.17) is 9.15 Å². The second-order valence-corrected chi connectivity index (χ2v) is 6.03. The fourth-order valence-corrected chi connectivity index (χ4v) is 2.89. The highest BCUT2D eigenvalue weighted by atomic mass is 16.5. The zero-order chi connectivity index (χ0) is 16.1. The highest BCUT2D eigenvalue weighted by molar-refractivity contribution is 5.31. The third-order valence-electron chi connectivity index (χ3n) is 4.20. The second kappa shape index (κ2) is 7.64. The van der Waals surface area contributed by atoms with Crippen molar-refractivity contribution in [2.24, 2.45) is 5.92 Å². The summed E-state index contributed by atoms with van der Waals surface area (Å²) >= 11 is 0. The molecule has 2 heterocycles. The van der Waals surface area contributed by atoms with Crippen LogP contribution in [0.2, 0.25) is 0 Å². The van der Waals surface area contributed by atoms with Crippen LogP contribution in [0, 0.1) is 19.8 Å². The molecular weight excluding hydrogens is 290 g/mol. The van der Waals surface area contributed by atoms with Crippen LogP contribution in [0.25, 0.3) is 0 Å². The number of rotatable bonds is 7. The van der Waals surface area contributed by atoms with E-state index in [9.17, 15) is 0 Å². The van der Waals surface area contributed by atoms with E-state index in [1.165, 1.54) is 5.56 Å². The van der Waals surface area contributed by atoms with Crippen molar-refractivity contribution in [1.82, 2.24) is 16.2 Å². The molecule has 23 heavy (non-hydrogen) atoms. The van der Waals surface area contributed by atoms with Crippen LogP contribution in [-0.4, -0.2) is 26.2 Å². The van der Waals surface area contributed by atoms with Crippen molar-refractivity contribution in [2.75, 3.05) is 26.2 Å². The Hall–Kier alpha value is -1.82. The molecule has 124 valence electrons. The van der Waals surface area contributed by atoms with Gasteiger partial charge in [-0.05, 0) is 37.6 Å². The minimum atomic E-state index is 0.216. The van der Waals surface area contributed by atoms with Crippen LogP contribution in [-0.2, 0) is 0 Å². The van der Waals surface area contributed by atoms with Gasteiger partial charge in [0.15, 0.2) is 0 Å². The number of ether oxygens (including phenoxy) is 1. The summed E-state index contributed by atoms with van der Waals surface area (Å²) in [4.78, 5) is 0. The summed E-state index contributed by atoms with van der Waals surface area (Å²) in [5.41, 5.74) is 7.69. The lowest BCUT2D eigenvalue weighted by Gasteiger charge is -2.17. The lowest BCUT2D eigenvalue weighted by molar-refractivity contribution is 0.301. The molecule has 1 aromatic carbocycles. The average molecular weight is 315 g/mol. The van der Waals surface area contributed by atoms with Gasteiger partial charge in [-0.25, -0.2) is 5.43 Å². The van der Waals surface area contributed by atoms with E-state index < -0.39 is 0 Å². The fourth-order valence-electron chi connectivity index (χ4n) is 2.89. The molecule has 2 unspecified atom stereocenters. The highest BCUT2D eigenvalue weighted by Crippen LogP contribution is 2.25. The Kier molecular flexibility index (Phi) is 5.33. The Bertz CT molecular complexity index is 626. The third-order valence-corrected chi connectivity index (χ3v) is 4.20. The molecule has 0 aliphatic carbocycles. The number of aryl methyl sites for hydroxylation is 2. The summed E-state index contributed by atoms with van der Waals surface area (Å²) in [6, 6.07) is 12.4. The molecule has 1 saturated heterocycles. The fraction of sp³-hybridized carbons (Fsp3) is 0.444. The molecule has 0 radical (unpaired) electrons. The van der Waals surface area contributed by atoms with Crippen LogP contribution >= 0.6 is 0 Å². The largest absolute Gasteiger partial charge is 0.492 e. The molecule has 0 bridgehead atoms. The molecule has 0 saturated carbocycles. The molecule has 1 aromatic heterocycles. The molecule has 1 fully saturated rings. The Morgan fingerprint density at radius 3 is 2.87 bits per heavy atom. The standard InChI is InChI=1S/C18H25N3O2/c1-13-5-3-4-6-16(13)22-10-9-19-11-15-12-20-21-18(15)17-8-7-14(2)23-17/h3-8,15,18-21H,9-12H2,1-2H3. The van der Waals surface area contributed by atoms with Crippen molar-refractivity contribution in [3.8, 4) is 5.75 Å². The van der Waals surface area contributed by atoms with Crippen LogP contribution in [0.3, 0.4) is 0 Å². The molecule has 3 rings (SSSR count). The van der Waals surface area contributed by atoms with Gasteiger partial charge in [0, 0.05) is 25.6 Å². The predicted molar refractivity (Wildman–Crippen MR) is 90.4 cm³/mol. The van der Waals surface area contributed by atoms with Crippen molar-refractivity contribution < 1.29 is 9.15 Å². The number of nitrogens with one attached hydrogen (secondary N) is 3. The molecular formula is C18H25N3O2.